The van der Waals surface area contributed by atoms with Crippen LogP contribution >= 0.6 is 0 Å². The van der Waals surface area contributed by atoms with E-state index in [1.807, 2.05) is 0 Å². The molecule has 0 saturated carbocycles. The molecule has 82 valence electrons. The Morgan fingerprint density at radius 3 is 3.06 bits per heavy atom. The first-order valence-corrected chi connectivity index (χ1v) is 5.50. The monoisotopic (exact) mass is 215 g/mol. The summed E-state index contributed by atoms with van der Waals surface area (Å²) in [6, 6.07) is 0. The van der Waals surface area contributed by atoms with Crippen molar-refractivity contribution in [3.05, 3.63) is 24.2 Å². The SMILES string of the molecule is Nc1ncc(C2=CCCCC2)c2nncn12. The Morgan fingerprint density at radius 1 is 1.31 bits per heavy atom. The first-order valence-electron chi connectivity index (χ1n) is 5.50. The van der Waals surface area contributed by atoms with Crippen LogP contribution in [-0.4, -0.2) is 19.6 Å². The molecule has 2 N–H and O–H groups in total. The largest absolute Gasteiger partial charge is 0.369 e. The van der Waals surface area contributed by atoms with Gasteiger partial charge in [0.05, 0.1) is 0 Å². The van der Waals surface area contributed by atoms with Gasteiger partial charge < -0.3 is 5.73 Å². The van der Waals surface area contributed by atoms with E-state index in [2.05, 4.69) is 21.3 Å². The molecule has 3 rings (SSSR count). The molecule has 2 heterocycles. The van der Waals surface area contributed by atoms with Crippen LogP contribution in [0.3, 0.4) is 0 Å². The van der Waals surface area contributed by atoms with Gasteiger partial charge in [-0.3, -0.25) is 4.40 Å². The molecule has 5 nitrogen and oxygen atoms in total. The average Bonchev–Trinajstić information content (AvgIpc) is 2.81. The second-order valence-electron chi connectivity index (χ2n) is 4.03. The third-order valence-electron chi connectivity index (χ3n) is 3.00. The molecule has 0 fully saturated rings. The van der Waals surface area contributed by atoms with Crippen LogP contribution in [0.4, 0.5) is 5.95 Å². The lowest BCUT2D eigenvalue weighted by Crippen LogP contribution is -2.03. The molecule has 16 heavy (non-hydrogen) atoms. The van der Waals surface area contributed by atoms with Gasteiger partial charge in [0.15, 0.2) is 5.65 Å². The van der Waals surface area contributed by atoms with Crippen LogP contribution in [0.1, 0.15) is 31.2 Å². The summed E-state index contributed by atoms with van der Waals surface area (Å²) in [6.07, 6.45) is 10.4. The fraction of sp³-hybridized carbons (Fsp3) is 0.364. The van der Waals surface area contributed by atoms with Gasteiger partial charge in [-0.05, 0) is 31.3 Å². The highest BCUT2D eigenvalue weighted by molar-refractivity contribution is 5.76. The summed E-state index contributed by atoms with van der Waals surface area (Å²) in [5, 5.41) is 7.99. The van der Waals surface area contributed by atoms with Crippen molar-refractivity contribution < 1.29 is 0 Å². The van der Waals surface area contributed by atoms with Crippen molar-refractivity contribution in [2.45, 2.75) is 25.7 Å². The van der Waals surface area contributed by atoms with Gasteiger partial charge in [0.25, 0.3) is 0 Å². The third kappa shape index (κ3) is 1.36. The number of fused-ring (bicyclic) bond motifs is 1. The van der Waals surface area contributed by atoms with Gasteiger partial charge >= 0.3 is 0 Å². The number of rotatable bonds is 1. The zero-order chi connectivity index (χ0) is 11.0. The third-order valence-corrected chi connectivity index (χ3v) is 3.00. The zero-order valence-corrected chi connectivity index (χ0v) is 8.93. The van der Waals surface area contributed by atoms with Gasteiger partial charge in [-0.2, -0.15) is 0 Å². The van der Waals surface area contributed by atoms with Crippen molar-refractivity contribution in [1.29, 1.82) is 0 Å². The van der Waals surface area contributed by atoms with Crippen molar-refractivity contribution >= 4 is 17.2 Å². The summed E-state index contributed by atoms with van der Waals surface area (Å²) in [4.78, 5) is 4.17. The number of aromatic nitrogens is 4. The van der Waals surface area contributed by atoms with Crippen molar-refractivity contribution in [1.82, 2.24) is 19.6 Å². The molecular formula is C11H13N5. The van der Waals surface area contributed by atoms with Crippen molar-refractivity contribution in [3.63, 3.8) is 0 Å². The number of hydrogen-bond acceptors (Lipinski definition) is 4. The van der Waals surface area contributed by atoms with Gasteiger partial charge in [0, 0.05) is 11.8 Å². The molecule has 2 aromatic rings. The number of nitrogens with two attached hydrogens (primary N) is 1. The minimum Gasteiger partial charge on any atom is -0.369 e. The fourth-order valence-corrected chi connectivity index (χ4v) is 2.15. The Bertz CT molecular complexity index is 555. The van der Waals surface area contributed by atoms with E-state index >= 15 is 0 Å². The molecule has 1 aliphatic carbocycles. The van der Waals surface area contributed by atoms with E-state index in [9.17, 15) is 0 Å². The van der Waals surface area contributed by atoms with E-state index in [0.717, 1.165) is 24.1 Å². The summed E-state index contributed by atoms with van der Waals surface area (Å²) in [6.45, 7) is 0. The highest BCUT2D eigenvalue weighted by Crippen LogP contribution is 2.28. The number of allylic oxidation sites excluding steroid dienone is 2. The summed E-state index contributed by atoms with van der Waals surface area (Å²) in [7, 11) is 0. The Labute approximate surface area is 93.0 Å². The molecule has 0 amide bonds. The molecule has 0 bridgehead atoms. The zero-order valence-electron chi connectivity index (χ0n) is 8.93. The number of anilines is 1. The van der Waals surface area contributed by atoms with Gasteiger partial charge in [-0.15, -0.1) is 10.2 Å². The molecular weight excluding hydrogens is 202 g/mol. The lowest BCUT2D eigenvalue weighted by Gasteiger charge is -2.13. The van der Waals surface area contributed by atoms with Gasteiger partial charge in [0.2, 0.25) is 5.95 Å². The van der Waals surface area contributed by atoms with E-state index in [4.69, 9.17) is 5.73 Å². The quantitative estimate of drug-likeness (QED) is 0.785. The van der Waals surface area contributed by atoms with E-state index < -0.39 is 0 Å². The maximum atomic E-state index is 5.75. The predicted octanol–water partition coefficient (Wildman–Crippen LogP) is 1.66. The minimum absolute atomic E-state index is 0.431. The van der Waals surface area contributed by atoms with Crippen LogP contribution in [0, 0.1) is 0 Å². The Morgan fingerprint density at radius 2 is 2.25 bits per heavy atom. The summed E-state index contributed by atoms with van der Waals surface area (Å²) in [5.41, 5.74) is 8.94. The second-order valence-corrected chi connectivity index (χ2v) is 4.03. The predicted molar refractivity (Wildman–Crippen MR) is 61.6 cm³/mol. The minimum atomic E-state index is 0.431. The first kappa shape index (κ1) is 9.33. The topological polar surface area (TPSA) is 69.1 Å². The maximum absolute atomic E-state index is 5.75. The lowest BCUT2D eigenvalue weighted by molar-refractivity contribution is 0.741. The Balaban J connectivity index is 2.20. The van der Waals surface area contributed by atoms with Crippen LogP contribution < -0.4 is 5.73 Å². The van der Waals surface area contributed by atoms with E-state index in [-0.39, 0.29) is 0 Å². The molecule has 1 aliphatic rings. The van der Waals surface area contributed by atoms with Crippen LogP contribution in [0.5, 0.6) is 0 Å². The van der Waals surface area contributed by atoms with Gasteiger partial charge in [0.1, 0.15) is 6.33 Å². The molecule has 0 spiro atoms. The van der Waals surface area contributed by atoms with E-state index in [1.165, 1.54) is 18.4 Å². The standard InChI is InChI=1S/C11H13N5/c12-11-13-6-9(8-4-2-1-3-5-8)10-15-14-7-16(10)11/h4,6-7H,1-3,5H2,(H2,12,13). The lowest BCUT2D eigenvalue weighted by atomic mass is 9.95. The normalized spacial score (nSPS) is 16.4. The highest BCUT2D eigenvalue weighted by Gasteiger charge is 2.13. The average molecular weight is 215 g/mol. The fourth-order valence-electron chi connectivity index (χ4n) is 2.15. The Kier molecular flexibility index (Phi) is 2.09. The first-order chi connectivity index (χ1) is 7.86. The van der Waals surface area contributed by atoms with Gasteiger partial charge in [-0.1, -0.05) is 6.08 Å². The number of nitrogens with zero attached hydrogens (tertiary/aromatic N) is 4. The van der Waals surface area contributed by atoms with Crippen LogP contribution in [0.15, 0.2) is 18.6 Å². The molecule has 0 aromatic carbocycles. The van der Waals surface area contributed by atoms with E-state index in [0.29, 0.717) is 5.95 Å². The summed E-state index contributed by atoms with van der Waals surface area (Å²) < 4.78 is 1.73. The van der Waals surface area contributed by atoms with Crippen molar-refractivity contribution in [2.24, 2.45) is 0 Å². The molecule has 0 unspecified atom stereocenters. The molecule has 0 radical (unpaired) electrons. The van der Waals surface area contributed by atoms with Crippen molar-refractivity contribution in [2.75, 3.05) is 5.73 Å². The molecule has 2 aromatic heterocycles. The molecule has 0 saturated heterocycles. The Hall–Kier alpha value is -1.91. The second kappa shape index (κ2) is 3.59. The van der Waals surface area contributed by atoms with Crippen molar-refractivity contribution in [3.8, 4) is 0 Å². The van der Waals surface area contributed by atoms with Crippen LogP contribution in [-0.2, 0) is 0 Å². The molecule has 5 heteroatoms. The summed E-state index contributed by atoms with van der Waals surface area (Å²) in [5.74, 6) is 0.431. The molecule has 0 aliphatic heterocycles. The summed E-state index contributed by atoms with van der Waals surface area (Å²) >= 11 is 0. The van der Waals surface area contributed by atoms with Crippen LogP contribution in [0.2, 0.25) is 0 Å². The maximum Gasteiger partial charge on any atom is 0.207 e. The van der Waals surface area contributed by atoms with Gasteiger partial charge in [-0.25, -0.2) is 4.98 Å². The van der Waals surface area contributed by atoms with Crippen LogP contribution in [0.25, 0.3) is 11.2 Å². The van der Waals surface area contributed by atoms with E-state index in [1.54, 1.807) is 16.9 Å². The number of nitrogen functional groups attached to an aromatic ring is 1. The highest BCUT2D eigenvalue weighted by atomic mass is 15.3. The number of hydrogen-bond donors (Lipinski definition) is 1. The smallest absolute Gasteiger partial charge is 0.207 e. The molecule has 0 atom stereocenters.